The maximum Gasteiger partial charge on any atom is 0.307 e. The SMILES string of the molecule is CC(C)(C)OC(=O)C[C@@H]1CCCCC/C=C\[C@@H]2C[C@@]2(C(=O)NS(=O)(=O)C2CC2)NC(=O)[C@@H]2[C@H]3CN(S(=O)(=O)c4ccc5occc5c4)C[C@H]3CN2C1=O. The van der Waals surface area contributed by atoms with Crippen molar-refractivity contribution >= 4 is 54.7 Å². The molecule has 7 rings (SSSR count). The van der Waals surface area contributed by atoms with Gasteiger partial charge in [0, 0.05) is 42.8 Å². The number of sulfonamides is 2. The van der Waals surface area contributed by atoms with Crippen molar-refractivity contribution in [2.24, 2.45) is 23.7 Å². The van der Waals surface area contributed by atoms with Crippen molar-refractivity contribution in [2.45, 2.75) is 106 Å². The Bertz CT molecular complexity index is 2050. The van der Waals surface area contributed by atoms with E-state index in [9.17, 15) is 36.0 Å². The standard InChI is InChI=1S/C37H48N4O10S2/c1-36(2,3)51-31(42)18-24-9-7-5-4-6-8-10-26-19-37(26,35(45)39-52(46,47)27-11-12-27)38-33(43)32-29-22-40(20-25(29)21-41(32)34(24)44)53(48,49)28-13-14-30-23(17-28)15-16-50-30/h8,10,13-17,24-27,29,32H,4-7,9,11-12,18-22H2,1-3H3,(H,38,43)(H,39,45)/b10-8-/t24-,25-,26+,29-,32-,37+/m0/s1. The predicted molar refractivity (Wildman–Crippen MR) is 193 cm³/mol. The lowest BCUT2D eigenvalue weighted by Gasteiger charge is -2.32. The van der Waals surface area contributed by atoms with Crippen LogP contribution in [0.3, 0.4) is 0 Å². The highest BCUT2D eigenvalue weighted by Gasteiger charge is 2.63. The molecule has 0 bridgehead atoms. The molecule has 16 heteroatoms. The second kappa shape index (κ2) is 13.8. The van der Waals surface area contributed by atoms with Gasteiger partial charge < -0.3 is 19.4 Å². The van der Waals surface area contributed by atoms with Crippen LogP contribution in [0.25, 0.3) is 11.0 Å². The van der Waals surface area contributed by atoms with E-state index in [0.717, 1.165) is 12.8 Å². The molecule has 0 radical (unpaired) electrons. The molecule has 288 valence electrons. The summed E-state index contributed by atoms with van der Waals surface area (Å²) in [5, 5.41) is 2.85. The molecule has 3 aliphatic heterocycles. The summed E-state index contributed by atoms with van der Waals surface area (Å²) in [6, 6.07) is 5.10. The summed E-state index contributed by atoms with van der Waals surface area (Å²) >= 11 is 0. The number of carbonyl (C=O) groups is 4. The minimum Gasteiger partial charge on any atom is -0.464 e. The molecule has 1 aromatic heterocycles. The Balaban J connectivity index is 1.20. The number of ether oxygens (including phenoxy) is 1. The number of hydrogen-bond donors (Lipinski definition) is 2. The maximum atomic E-state index is 14.6. The first-order chi connectivity index (χ1) is 25.0. The van der Waals surface area contributed by atoms with Gasteiger partial charge in [0.25, 0.3) is 5.91 Å². The average molecular weight is 773 g/mol. The van der Waals surface area contributed by atoms with E-state index in [1.165, 1.54) is 27.6 Å². The molecule has 3 amide bonds. The van der Waals surface area contributed by atoms with Crippen LogP contribution in [-0.4, -0.2) is 91.8 Å². The molecule has 2 N–H and O–H groups in total. The molecule has 2 aromatic rings. The van der Waals surface area contributed by atoms with Crippen LogP contribution in [0.1, 0.15) is 78.6 Å². The van der Waals surface area contributed by atoms with E-state index in [2.05, 4.69) is 10.0 Å². The Hall–Kier alpha value is -3.76. The Morgan fingerprint density at radius 3 is 2.53 bits per heavy atom. The molecule has 0 spiro atoms. The molecular formula is C37H48N4O10S2. The number of carbonyl (C=O) groups excluding carboxylic acids is 4. The molecule has 2 saturated heterocycles. The lowest BCUT2D eigenvalue weighted by molar-refractivity contribution is -0.159. The minimum atomic E-state index is -4.01. The van der Waals surface area contributed by atoms with Crippen LogP contribution in [0.4, 0.5) is 0 Å². The number of benzene rings is 1. The molecule has 5 aliphatic rings. The third-order valence-corrected chi connectivity index (χ3v) is 14.8. The van der Waals surface area contributed by atoms with Crippen LogP contribution >= 0.6 is 0 Å². The lowest BCUT2D eigenvalue weighted by atomic mass is 9.92. The summed E-state index contributed by atoms with van der Waals surface area (Å²) in [7, 11) is -7.94. The highest BCUT2D eigenvalue weighted by Crippen LogP contribution is 2.47. The first-order valence-electron chi connectivity index (χ1n) is 18.5. The zero-order valence-electron chi connectivity index (χ0n) is 30.3. The third-order valence-electron chi connectivity index (χ3n) is 11.2. The number of amides is 3. The molecule has 0 unspecified atom stereocenters. The Morgan fingerprint density at radius 2 is 1.79 bits per heavy atom. The summed E-state index contributed by atoms with van der Waals surface area (Å²) < 4.78 is 68.2. The van der Waals surface area contributed by atoms with E-state index in [1.807, 2.05) is 12.2 Å². The zero-order valence-corrected chi connectivity index (χ0v) is 31.9. The minimum absolute atomic E-state index is 0.0529. The fraction of sp³-hybridized carbons (Fsp3) is 0.622. The van der Waals surface area contributed by atoms with E-state index < -0.39 is 89.8 Å². The maximum absolute atomic E-state index is 14.6. The number of allylic oxidation sites excluding steroid dienone is 1. The summed E-state index contributed by atoms with van der Waals surface area (Å²) in [5.41, 5.74) is -1.78. The van der Waals surface area contributed by atoms with Gasteiger partial charge in [0.2, 0.25) is 31.9 Å². The number of nitrogens with zero attached hydrogens (tertiary/aromatic N) is 2. The number of fused-ring (bicyclic) bond motifs is 5. The fourth-order valence-corrected chi connectivity index (χ4v) is 11.1. The average Bonchev–Trinajstić information content (AvgIpc) is 3.89. The largest absolute Gasteiger partial charge is 0.464 e. The van der Waals surface area contributed by atoms with E-state index in [1.54, 1.807) is 32.9 Å². The van der Waals surface area contributed by atoms with Gasteiger partial charge in [-0.15, -0.1) is 0 Å². The first kappa shape index (κ1) is 37.6. The smallest absolute Gasteiger partial charge is 0.307 e. The van der Waals surface area contributed by atoms with E-state index in [0.29, 0.717) is 43.1 Å². The van der Waals surface area contributed by atoms with Gasteiger partial charge in [0.05, 0.1) is 22.8 Å². The second-order valence-corrected chi connectivity index (χ2v) is 20.2. The van der Waals surface area contributed by atoms with Crippen molar-refractivity contribution in [3.63, 3.8) is 0 Å². The monoisotopic (exact) mass is 772 g/mol. The molecule has 2 aliphatic carbocycles. The summed E-state index contributed by atoms with van der Waals surface area (Å²) in [6.45, 7) is 5.30. The van der Waals surface area contributed by atoms with E-state index in [4.69, 9.17) is 9.15 Å². The molecule has 4 heterocycles. The van der Waals surface area contributed by atoms with Crippen LogP contribution in [0.15, 0.2) is 52.0 Å². The number of nitrogens with one attached hydrogen (secondary N) is 2. The van der Waals surface area contributed by atoms with Crippen LogP contribution < -0.4 is 10.0 Å². The zero-order chi connectivity index (χ0) is 37.9. The van der Waals surface area contributed by atoms with Gasteiger partial charge in [-0.2, -0.15) is 4.31 Å². The lowest BCUT2D eigenvalue weighted by Crippen LogP contribution is -2.58. The van der Waals surface area contributed by atoms with Gasteiger partial charge in [0.1, 0.15) is 22.8 Å². The van der Waals surface area contributed by atoms with Crippen molar-refractivity contribution in [3.05, 3.63) is 42.7 Å². The Morgan fingerprint density at radius 1 is 1.02 bits per heavy atom. The highest BCUT2D eigenvalue weighted by atomic mass is 32.2. The van der Waals surface area contributed by atoms with Crippen LogP contribution in [0, 0.1) is 23.7 Å². The molecule has 53 heavy (non-hydrogen) atoms. The summed E-state index contributed by atoms with van der Waals surface area (Å²) in [6.07, 6.45) is 9.47. The van der Waals surface area contributed by atoms with E-state index >= 15 is 0 Å². The third kappa shape index (κ3) is 7.63. The predicted octanol–water partition coefficient (Wildman–Crippen LogP) is 3.23. The van der Waals surface area contributed by atoms with Crippen molar-refractivity contribution in [1.29, 1.82) is 0 Å². The molecular weight excluding hydrogens is 725 g/mol. The van der Waals surface area contributed by atoms with Crippen LogP contribution in [0.5, 0.6) is 0 Å². The van der Waals surface area contributed by atoms with Gasteiger partial charge in [-0.1, -0.05) is 25.0 Å². The fourth-order valence-electron chi connectivity index (χ4n) is 8.20. The number of rotatable bonds is 7. The van der Waals surface area contributed by atoms with Gasteiger partial charge >= 0.3 is 5.97 Å². The molecule has 2 saturated carbocycles. The van der Waals surface area contributed by atoms with Gasteiger partial charge in [-0.25, -0.2) is 16.8 Å². The highest BCUT2D eigenvalue weighted by molar-refractivity contribution is 7.91. The number of furan rings is 1. The summed E-state index contributed by atoms with van der Waals surface area (Å²) in [4.78, 5) is 57.5. The van der Waals surface area contributed by atoms with Crippen molar-refractivity contribution < 1.29 is 45.2 Å². The van der Waals surface area contributed by atoms with Crippen molar-refractivity contribution in [2.75, 3.05) is 19.6 Å². The first-order valence-corrected chi connectivity index (χ1v) is 21.5. The quantitative estimate of drug-likeness (QED) is 0.312. The van der Waals surface area contributed by atoms with Crippen LogP contribution in [0.2, 0.25) is 0 Å². The van der Waals surface area contributed by atoms with Crippen molar-refractivity contribution in [3.8, 4) is 0 Å². The Labute approximate surface area is 310 Å². The van der Waals surface area contributed by atoms with E-state index in [-0.39, 0.29) is 37.4 Å². The number of hydrogen-bond acceptors (Lipinski definition) is 10. The number of esters is 1. The van der Waals surface area contributed by atoms with Gasteiger partial charge in [-0.3, -0.25) is 23.9 Å². The topological polar surface area (TPSA) is 189 Å². The normalized spacial score (nSPS) is 30.7. The molecule has 6 atom stereocenters. The summed E-state index contributed by atoms with van der Waals surface area (Å²) in [5.74, 6) is -4.72. The molecule has 4 fully saturated rings. The van der Waals surface area contributed by atoms with Gasteiger partial charge in [0.15, 0.2) is 0 Å². The Kier molecular flexibility index (Phi) is 9.80. The van der Waals surface area contributed by atoms with Gasteiger partial charge in [-0.05, 0) is 89.5 Å². The molecule has 14 nitrogen and oxygen atoms in total. The second-order valence-electron chi connectivity index (χ2n) is 16.3. The van der Waals surface area contributed by atoms with Crippen molar-refractivity contribution in [1.82, 2.24) is 19.2 Å². The van der Waals surface area contributed by atoms with Crippen LogP contribution in [-0.2, 0) is 44.0 Å². The molecule has 1 aromatic carbocycles.